The molecule has 0 aromatic heterocycles. The largest absolute Gasteiger partial charge is 0.416 e. The van der Waals surface area contributed by atoms with Gasteiger partial charge in [-0.1, -0.05) is 19.9 Å². The topological polar surface area (TPSA) is 12.0 Å². The smallest absolute Gasteiger partial charge is 0.309 e. The van der Waals surface area contributed by atoms with Crippen molar-refractivity contribution in [3.8, 4) is 0 Å². The highest BCUT2D eigenvalue weighted by molar-refractivity contribution is 7.99. The summed E-state index contributed by atoms with van der Waals surface area (Å²) in [4.78, 5) is 0. The van der Waals surface area contributed by atoms with Gasteiger partial charge < -0.3 is 5.32 Å². The van der Waals surface area contributed by atoms with Crippen LogP contribution in [0.25, 0.3) is 0 Å². The van der Waals surface area contributed by atoms with E-state index in [2.05, 4.69) is 19.2 Å². The van der Waals surface area contributed by atoms with Crippen LogP contribution in [0.1, 0.15) is 49.4 Å². The highest BCUT2D eigenvalue weighted by atomic mass is 32.2. The van der Waals surface area contributed by atoms with Gasteiger partial charge in [-0.3, -0.25) is 0 Å². The Labute approximate surface area is 129 Å². The highest BCUT2D eigenvalue weighted by Gasteiger charge is 2.31. The zero-order chi connectivity index (χ0) is 15.9. The van der Waals surface area contributed by atoms with E-state index in [0.29, 0.717) is 5.56 Å². The Hall–Kier alpha value is -0.680. The summed E-state index contributed by atoms with van der Waals surface area (Å²) in [6.45, 7) is 6.85. The molecule has 0 saturated carbocycles. The lowest BCUT2D eigenvalue weighted by Crippen LogP contribution is -2.25. The Morgan fingerprint density at radius 1 is 1.19 bits per heavy atom. The third-order valence-corrected chi connectivity index (χ3v) is 4.51. The molecule has 1 nitrogen and oxygen atoms in total. The standard InChI is InChI=1S/C16H24F3NS/c1-4-8-20-15(11-21-9-5-2)14-7-6-13(10-12(14)3)16(17,18)19/h6-7,10,15,20H,4-5,8-9,11H2,1-3H3. The highest BCUT2D eigenvalue weighted by Crippen LogP contribution is 2.32. The van der Waals surface area contributed by atoms with Gasteiger partial charge in [0.25, 0.3) is 0 Å². The SMILES string of the molecule is CCCNC(CSCCC)c1ccc(C(F)(F)F)cc1C. The molecule has 0 radical (unpaired) electrons. The molecule has 0 spiro atoms. The molecule has 120 valence electrons. The minimum absolute atomic E-state index is 0.115. The van der Waals surface area contributed by atoms with Crippen molar-refractivity contribution in [1.82, 2.24) is 5.32 Å². The number of benzene rings is 1. The average Bonchev–Trinajstić information content (AvgIpc) is 2.42. The van der Waals surface area contributed by atoms with Crippen molar-refractivity contribution < 1.29 is 13.2 Å². The molecule has 21 heavy (non-hydrogen) atoms. The maximum atomic E-state index is 12.7. The summed E-state index contributed by atoms with van der Waals surface area (Å²) in [6.07, 6.45) is -2.15. The number of hydrogen-bond acceptors (Lipinski definition) is 2. The van der Waals surface area contributed by atoms with E-state index in [1.54, 1.807) is 13.0 Å². The number of aryl methyl sites for hydroxylation is 1. The second-order valence-corrected chi connectivity index (χ2v) is 6.30. The van der Waals surface area contributed by atoms with Crippen LogP contribution in [0.3, 0.4) is 0 Å². The van der Waals surface area contributed by atoms with Crippen LogP contribution in [0.5, 0.6) is 0 Å². The molecule has 1 unspecified atom stereocenters. The van der Waals surface area contributed by atoms with Crippen molar-refractivity contribution in [1.29, 1.82) is 0 Å². The fourth-order valence-electron chi connectivity index (χ4n) is 2.17. The molecule has 0 amide bonds. The van der Waals surface area contributed by atoms with E-state index < -0.39 is 11.7 Å². The van der Waals surface area contributed by atoms with Gasteiger partial charge in [0.2, 0.25) is 0 Å². The fraction of sp³-hybridized carbons (Fsp3) is 0.625. The van der Waals surface area contributed by atoms with Crippen LogP contribution in [0.2, 0.25) is 0 Å². The van der Waals surface area contributed by atoms with Crippen LogP contribution in [0, 0.1) is 6.92 Å². The molecule has 0 heterocycles. The van der Waals surface area contributed by atoms with Gasteiger partial charge in [-0.15, -0.1) is 0 Å². The fourth-order valence-corrected chi connectivity index (χ4v) is 3.15. The van der Waals surface area contributed by atoms with Crippen molar-refractivity contribution in [3.63, 3.8) is 0 Å². The molecule has 0 aliphatic carbocycles. The van der Waals surface area contributed by atoms with E-state index in [1.807, 2.05) is 11.8 Å². The number of hydrogen-bond donors (Lipinski definition) is 1. The molecule has 0 fully saturated rings. The van der Waals surface area contributed by atoms with E-state index in [9.17, 15) is 13.2 Å². The molecule has 1 aromatic carbocycles. The lowest BCUT2D eigenvalue weighted by molar-refractivity contribution is -0.137. The summed E-state index contributed by atoms with van der Waals surface area (Å²) in [5.41, 5.74) is 1.11. The predicted molar refractivity (Wildman–Crippen MR) is 84.8 cm³/mol. The maximum absolute atomic E-state index is 12.7. The Morgan fingerprint density at radius 2 is 1.90 bits per heavy atom. The van der Waals surface area contributed by atoms with Gasteiger partial charge in [0.1, 0.15) is 0 Å². The van der Waals surface area contributed by atoms with Crippen molar-refractivity contribution in [3.05, 3.63) is 34.9 Å². The van der Waals surface area contributed by atoms with Gasteiger partial charge in [-0.05, 0) is 55.3 Å². The third kappa shape index (κ3) is 5.91. The van der Waals surface area contributed by atoms with Gasteiger partial charge >= 0.3 is 6.18 Å². The molecule has 1 rings (SSSR count). The lowest BCUT2D eigenvalue weighted by Gasteiger charge is -2.21. The summed E-state index contributed by atoms with van der Waals surface area (Å²) in [7, 11) is 0. The quantitative estimate of drug-likeness (QED) is 0.661. The lowest BCUT2D eigenvalue weighted by atomic mass is 9.99. The first-order valence-electron chi connectivity index (χ1n) is 7.39. The normalized spacial score (nSPS) is 13.4. The van der Waals surface area contributed by atoms with E-state index in [1.165, 1.54) is 12.1 Å². The van der Waals surface area contributed by atoms with Crippen molar-refractivity contribution in [2.24, 2.45) is 0 Å². The molecule has 0 aliphatic rings. The third-order valence-electron chi connectivity index (χ3n) is 3.25. The first-order valence-corrected chi connectivity index (χ1v) is 8.54. The van der Waals surface area contributed by atoms with E-state index in [4.69, 9.17) is 0 Å². The monoisotopic (exact) mass is 319 g/mol. The Bertz CT molecular complexity index is 432. The number of rotatable bonds is 8. The first kappa shape index (κ1) is 18.4. The van der Waals surface area contributed by atoms with Gasteiger partial charge in [0.15, 0.2) is 0 Å². The Balaban J connectivity index is 2.90. The second-order valence-electron chi connectivity index (χ2n) is 5.15. The van der Waals surface area contributed by atoms with Crippen LogP contribution in [0.15, 0.2) is 18.2 Å². The van der Waals surface area contributed by atoms with E-state index >= 15 is 0 Å². The zero-order valence-electron chi connectivity index (χ0n) is 12.9. The average molecular weight is 319 g/mol. The number of nitrogens with one attached hydrogen (secondary N) is 1. The van der Waals surface area contributed by atoms with Gasteiger partial charge in [-0.25, -0.2) is 0 Å². The molecular weight excluding hydrogens is 295 g/mol. The molecule has 1 aromatic rings. The van der Waals surface area contributed by atoms with Crippen molar-refractivity contribution >= 4 is 11.8 Å². The molecule has 0 bridgehead atoms. The summed E-state index contributed by atoms with van der Waals surface area (Å²) in [5, 5.41) is 3.44. The van der Waals surface area contributed by atoms with Gasteiger partial charge in [0, 0.05) is 11.8 Å². The van der Waals surface area contributed by atoms with Crippen LogP contribution >= 0.6 is 11.8 Å². The minimum Gasteiger partial charge on any atom is -0.309 e. The molecule has 0 saturated heterocycles. The molecule has 1 N–H and O–H groups in total. The van der Waals surface area contributed by atoms with Gasteiger partial charge in [-0.2, -0.15) is 24.9 Å². The van der Waals surface area contributed by atoms with E-state index in [-0.39, 0.29) is 6.04 Å². The van der Waals surface area contributed by atoms with Gasteiger partial charge in [0.05, 0.1) is 5.56 Å². The number of alkyl halides is 3. The van der Waals surface area contributed by atoms with Crippen LogP contribution < -0.4 is 5.32 Å². The second kappa shape index (κ2) is 8.69. The van der Waals surface area contributed by atoms with E-state index in [0.717, 1.165) is 36.5 Å². The number of halogens is 3. The van der Waals surface area contributed by atoms with Crippen LogP contribution in [0.4, 0.5) is 13.2 Å². The zero-order valence-corrected chi connectivity index (χ0v) is 13.7. The van der Waals surface area contributed by atoms with Crippen molar-refractivity contribution in [2.45, 2.75) is 45.8 Å². The molecule has 0 aliphatic heterocycles. The summed E-state index contributed by atoms with van der Waals surface area (Å²) >= 11 is 1.84. The molecule has 5 heteroatoms. The summed E-state index contributed by atoms with van der Waals surface area (Å²) in [5.74, 6) is 1.96. The molecular formula is C16H24F3NS. The Kier molecular flexibility index (Phi) is 7.60. The van der Waals surface area contributed by atoms with Crippen LogP contribution in [-0.4, -0.2) is 18.1 Å². The first-order chi connectivity index (χ1) is 9.90. The predicted octanol–water partition coefficient (Wildman–Crippen LogP) is 5.20. The summed E-state index contributed by atoms with van der Waals surface area (Å²) < 4.78 is 38.2. The van der Waals surface area contributed by atoms with Crippen molar-refractivity contribution in [2.75, 3.05) is 18.1 Å². The van der Waals surface area contributed by atoms with Crippen LogP contribution in [-0.2, 0) is 6.18 Å². The maximum Gasteiger partial charge on any atom is 0.416 e. The number of thioether (sulfide) groups is 1. The summed E-state index contributed by atoms with van der Waals surface area (Å²) in [6, 6.07) is 4.18. The molecule has 1 atom stereocenters. The minimum atomic E-state index is -4.27. The Morgan fingerprint density at radius 3 is 2.43 bits per heavy atom.